The smallest absolute Gasteiger partial charge is 0.243 e. The predicted molar refractivity (Wildman–Crippen MR) is 117 cm³/mol. The van der Waals surface area contributed by atoms with Gasteiger partial charge in [-0.3, -0.25) is 4.79 Å². The molecule has 0 radical (unpaired) electrons. The molecule has 7 heteroatoms. The molecule has 0 spiro atoms. The molecule has 0 aromatic heterocycles. The van der Waals surface area contributed by atoms with Crippen LogP contribution < -0.4 is 10.1 Å². The molecular formula is C23H30N2O4S. The fourth-order valence-electron chi connectivity index (χ4n) is 3.76. The van der Waals surface area contributed by atoms with Crippen LogP contribution in [0.25, 0.3) is 0 Å². The van der Waals surface area contributed by atoms with Gasteiger partial charge in [-0.15, -0.1) is 0 Å². The Kier molecular flexibility index (Phi) is 7.15. The number of nitrogens with one attached hydrogen (secondary N) is 1. The predicted octanol–water partition coefficient (Wildman–Crippen LogP) is 3.07. The number of piperidine rings is 1. The zero-order chi connectivity index (χ0) is 21.7. The number of aryl methyl sites for hydroxylation is 2. The van der Waals surface area contributed by atoms with E-state index in [-0.39, 0.29) is 11.8 Å². The molecule has 30 heavy (non-hydrogen) atoms. The highest BCUT2D eigenvalue weighted by atomic mass is 32.2. The first kappa shape index (κ1) is 22.3. The molecule has 0 aliphatic carbocycles. The van der Waals surface area contributed by atoms with Crippen LogP contribution in [0.15, 0.2) is 47.4 Å². The minimum atomic E-state index is -3.52. The highest BCUT2D eigenvalue weighted by molar-refractivity contribution is 7.89. The van der Waals surface area contributed by atoms with Crippen LogP contribution in [0.3, 0.4) is 0 Å². The van der Waals surface area contributed by atoms with Gasteiger partial charge in [-0.1, -0.05) is 24.3 Å². The fourth-order valence-corrected chi connectivity index (χ4v) is 5.31. The van der Waals surface area contributed by atoms with Crippen molar-refractivity contribution < 1.29 is 17.9 Å². The molecule has 0 bridgehead atoms. The minimum absolute atomic E-state index is 0.00636. The zero-order valence-electron chi connectivity index (χ0n) is 17.8. The highest BCUT2D eigenvalue weighted by Gasteiger charge is 2.32. The zero-order valence-corrected chi connectivity index (χ0v) is 18.7. The van der Waals surface area contributed by atoms with E-state index in [1.165, 1.54) is 4.31 Å². The van der Waals surface area contributed by atoms with Gasteiger partial charge >= 0.3 is 0 Å². The van der Waals surface area contributed by atoms with Gasteiger partial charge in [-0.2, -0.15) is 4.31 Å². The third kappa shape index (κ3) is 5.02. The summed E-state index contributed by atoms with van der Waals surface area (Å²) in [6, 6.07) is 13.0. The van der Waals surface area contributed by atoms with Crippen molar-refractivity contribution in [2.45, 2.75) is 38.0 Å². The Labute approximate surface area is 179 Å². The summed E-state index contributed by atoms with van der Waals surface area (Å²) in [5.74, 6) is 0.651. The molecule has 1 N–H and O–H groups in total. The Morgan fingerprint density at radius 1 is 1.10 bits per heavy atom. The summed E-state index contributed by atoms with van der Waals surface area (Å²) in [7, 11) is -1.89. The number of carbonyl (C=O) groups is 1. The number of benzene rings is 2. The van der Waals surface area contributed by atoms with Crippen molar-refractivity contribution in [3.63, 3.8) is 0 Å². The number of hydrogen-bond acceptors (Lipinski definition) is 4. The maximum Gasteiger partial charge on any atom is 0.243 e. The summed E-state index contributed by atoms with van der Waals surface area (Å²) in [5.41, 5.74) is 3.08. The number of ether oxygens (including phenoxy) is 1. The van der Waals surface area contributed by atoms with Gasteiger partial charge in [0, 0.05) is 25.6 Å². The fraction of sp³-hybridized carbons (Fsp3) is 0.435. The molecule has 2 aromatic rings. The van der Waals surface area contributed by atoms with Gasteiger partial charge in [0.05, 0.1) is 12.0 Å². The van der Waals surface area contributed by atoms with Gasteiger partial charge in [0.15, 0.2) is 0 Å². The summed E-state index contributed by atoms with van der Waals surface area (Å²) in [4.78, 5) is 12.9. The van der Waals surface area contributed by atoms with Crippen LogP contribution in [0, 0.1) is 19.8 Å². The Balaban J connectivity index is 1.52. The molecular weight excluding hydrogens is 400 g/mol. The van der Waals surface area contributed by atoms with Crippen LogP contribution in [0.1, 0.15) is 29.5 Å². The summed E-state index contributed by atoms with van der Waals surface area (Å²) >= 11 is 0. The topological polar surface area (TPSA) is 75.7 Å². The molecule has 1 saturated heterocycles. The third-order valence-electron chi connectivity index (χ3n) is 5.83. The van der Waals surface area contributed by atoms with Crippen molar-refractivity contribution >= 4 is 15.9 Å². The molecule has 0 atom stereocenters. The first-order valence-corrected chi connectivity index (χ1v) is 11.7. The molecule has 3 rings (SSSR count). The standard InChI is InChI=1S/C23H30N2O4S/c1-17-8-9-21(16-18(17)2)30(27,28)25-14-11-20(12-15-25)23(26)24-13-10-19-6-4-5-7-22(19)29-3/h4-9,16,20H,10-15H2,1-3H3,(H,24,26). The number of methoxy groups -OCH3 is 1. The average molecular weight is 431 g/mol. The molecule has 162 valence electrons. The van der Waals surface area contributed by atoms with Crippen molar-refractivity contribution in [2.75, 3.05) is 26.7 Å². The summed E-state index contributed by atoms with van der Waals surface area (Å²) in [6.45, 7) is 5.12. The number of hydrogen-bond donors (Lipinski definition) is 1. The van der Waals surface area contributed by atoms with Crippen LogP contribution >= 0.6 is 0 Å². The third-order valence-corrected chi connectivity index (χ3v) is 7.72. The summed E-state index contributed by atoms with van der Waals surface area (Å²) in [5, 5.41) is 2.99. The van der Waals surface area contributed by atoms with Crippen molar-refractivity contribution in [1.29, 1.82) is 0 Å². The second kappa shape index (κ2) is 9.62. The minimum Gasteiger partial charge on any atom is -0.496 e. The van der Waals surface area contributed by atoms with E-state index in [1.54, 1.807) is 19.2 Å². The van der Waals surface area contributed by atoms with E-state index < -0.39 is 10.0 Å². The molecule has 1 heterocycles. The lowest BCUT2D eigenvalue weighted by Crippen LogP contribution is -2.43. The lowest BCUT2D eigenvalue weighted by atomic mass is 9.97. The molecule has 0 saturated carbocycles. The maximum absolute atomic E-state index is 12.9. The maximum atomic E-state index is 12.9. The lowest BCUT2D eigenvalue weighted by molar-refractivity contribution is -0.126. The number of nitrogens with zero attached hydrogens (tertiary/aromatic N) is 1. The molecule has 1 aliphatic rings. The van der Waals surface area contributed by atoms with Crippen molar-refractivity contribution in [3.8, 4) is 5.75 Å². The van der Waals surface area contributed by atoms with Crippen LogP contribution in [-0.4, -0.2) is 45.4 Å². The molecule has 0 unspecified atom stereocenters. The summed E-state index contributed by atoms with van der Waals surface area (Å²) < 4.78 is 32.7. The normalized spacial score (nSPS) is 15.7. The quantitative estimate of drug-likeness (QED) is 0.733. The average Bonchev–Trinajstić information content (AvgIpc) is 2.76. The Morgan fingerprint density at radius 2 is 1.80 bits per heavy atom. The van der Waals surface area contributed by atoms with Crippen molar-refractivity contribution in [2.24, 2.45) is 5.92 Å². The van der Waals surface area contributed by atoms with Gasteiger partial charge in [0.1, 0.15) is 5.75 Å². The Hall–Kier alpha value is -2.38. The lowest BCUT2D eigenvalue weighted by Gasteiger charge is -2.30. The molecule has 1 aliphatic heterocycles. The molecule has 2 aromatic carbocycles. The van der Waals surface area contributed by atoms with E-state index in [0.29, 0.717) is 43.8 Å². The van der Waals surface area contributed by atoms with Gasteiger partial charge in [-0.25, -0.2) is 8.42 Å². The monoisotopic (exact) mass is 430 g/mol. The highest BCUT2D eigenvalue weighted by Crippen LogP contribution is 2.25. The van der Waals surface area contributed by atoms with E-state index in [9.17, 15) is 13.2 Å². The van der Waals surface area contributed by atoms with E-state index in [2.05, 4.69) is 5.32 Å². The SMILES string of the molecule is COc1ccccc1CCNC(=O)C1CCN(S(=O)(=O)c2ccc(C)c(C)c2)CC1. The Bertz CT molecular complexity index is 996. The van der Waals surface area contributed by atoms with Crippen LogP contribution in [0.5, 0.6) is 5.75 Å². The van der Waals surface area contributed by atoms with Crippen LogP contribution in [0.2, 0.25) is 0 Å². The molecule has 6 nitrogen and oxygen atoms in total. The van der Waals surface area contributed by atoms with Crippen LogP contribution in [-0.2, 0) is 21.2 Å². The first-order chi connectivity index (χ1) is 14.3. The largest absolute Gasteiger partial charge is 0.496 e. The van der Waals surface area contributed by atoms with Crippen LogP contribution in [0.4, 0.5) is 0 Å². The van der Waals surface area contributed by atoms with Gasteiger partial charge in [0.25, 0.3) is 0 Å². The van der Waals surface area contributed by atoms with Crippen molar-refractivity contribution in [1.82, 2.24) is 9.62 Å². The van der Waals surface area contributed by atoms with E-state index in [0.717, 1.165) is 22.4 Å². The Morgan fingerprint density at radius 3 is 2.47 bits per heavy atom. The first-order valence-electron chi connectivity index (χ1n) is 10.3. The molecule has 1 amide bonds. The van der Waals surface area contributed by atoms with E-state index >= 15 is 0 Å². The number of carbonyl (C=O) groups excluding carboxylic acids is 1. The van der Waals surface area contributed by atoms with Crippen molar-refractivity contribution in [3.05, 3.63) is 59.2 Å². The number of para-hydroxylation sites is 1. The van der Waals surface area contributed by atoms with Gasteiger partial charge in [0.2, 0.25) is 15.9 Å². The van der Waals surface area contributed by atoms with Gasteiger partial charge in [-0.05, 0) is 68.0 Å². The van der Waals surface area contributed by atoms with E-state index in [4.69, 9.17) is 4.74 Å². The second-order valence-corrected chi connectivity index (χ2v) is 9.72. The van der Waals surface area contributed by atoms with E-state index in [1.807, 2.05) is 44.2 Å². The summed E-state index contributed by atoms with van der Waals surface area (Å²) in [6.07, 6.45) is 1.75. The molecule has 1 fully saturated rings. The number of sulfonamides is 1. The second-order valence-electron chi connectivity index (χ2n) is 7.78. The van der Waals surface area contributed by atoms with Gasteiger partial charge < -0.3 is 10.1 Å². The number of rotatable bonds is 7. The number of amides is 1.